The molecule has 1 saturated heterocycles. The number of nitro benzene ring substituents is 1. The molecule has 1 aliphatic heterocycles. The summed E-state index contributed by atoms with van der Waals surface area (Å²) in [5.41, 5.74) is 1.60. The molecule has 2 aromatic rings. The second-order valence-electron chi connectivity index (χ2n) is 7.33. The summed E-state index contributed by atoms with van der Waals surface area (Å²) in [6.07, 6.45) is 5.32. The van der Waals surface area contributed by atoms with Crippen LogP contribution in [0.5, 0.6) is 0 Å². The second kappa shape index (κ2) is 8.65. The normalized spacial score (nSPS) is 20.8. The van der Waals surface area contributed by atoms with Crippen molar-refractivity contribution < 1.29 is 9.72 Å². The van der Waals surface area contributed by atoms with Crippen molar-refractivity contribution in [3.05, 3.63) is 49.9 Å². The lowest BCUT2D eigenvalue weighted by atomic mass is 9.94. The summed E-state index contributed by atoms with van der Waals surface area (Å²) in [7, 11) is 0. The number of carbonyl (C=O) groups is 1. The van der Waals surface area contributed by atoms with Gasteiger partial charge < -0.3 is 0 Å². The predicted octanol–water partition coefficient (Wildman–Crippen LogP) is 5.08. The van der Waals surface area contributed by atoms with Gasteiger partial charge in [0.15, 0.2) is 5.17 Å². The van der Waals surface area contributed by atoms with E-state index in [0.717, 1.165) is 41.8 Å². The Balaban J connectivity index is 1.72. The van der Waals surface area contributed by atoms with Crippen LogP contribution in [0.2, 0.25) is 0 Å². The number of allylic oxidation sites excluding steroid dienone is 1. The number of benzene rings is 1. The molecule has 2 fully saturated rings. The summed E-state index contributed by atoms with van der Waals surface area (Å²) in [6.45, 7) is 3.75. The van der Waals surface area contributed by atoms with Crippen molar-refractivity contribution in [3.8, 4) is 0 Å². The number of aryl methyl sites for hydroxylation is 1. The maximum absolute atomic E-state index is 13.4. The highest BCUT2D eigenvalue weighted by atomic mass is 32.2. The molecule has 0 bridgehead atoms. The molecule has 10 heteroatoms. The fourth-order valence-corrected chi connectivity index (χ4v) is 5.45. The summed E-state index contributed by atoms with van der Waals surface area (Å²) < 4.78 is 0. The largest absolute Gasteiger partial charge is 0.283 e. The van der Waals surface area contributed by atoms with Crippen LogP contribution in [0.4, 0.5) is 10.8 Å². The Hall–Kier alpha value is -2.59. The average Bonchev–Trinajstić information content (AvgIpc) is 3.30. The van der Waals surface area contributed by atoms with E-state index in [-0.39, 0.29) is 17.6 Å². The third kappa shape index (κ3) is 4.15. The molecule has 1 aromatic carbocycles. The second-order valence-corrected chi connectivity index (χ2v) is 9.46. The van der Waals surface area contributed by atoms with Crippen LogP contribution >= 0.6 is 23.1 Å². The zero-order valence-electron chi connectivity index (χ0n) is 16.7. The molecule has 0 unspecified atom stereocenters. The molecule has 4 rings (SSSR count). The molecule has 30 heavy (non-hydrogen) atoms. The molecule has 0 atom stereocenters. The van der Waals surface area contributed by atoms with Crippen molar-refractivity contribution >= 4 is 50.6 Å². The lowest BCUT2D eigenvalue weighted by Gasteiger charge is -2.30. The van der Waals surface area contributed by atoms with Crippen LogP contribution in [0, 0.1) is 17.0 Å². The molecule has 1 aromatic heterocycles. The van der Waals surface area contributed by atoms with Crippen molar-refractivity contribution in [2.45, 2.75) is 52.0 Å². The van der Waals surface area contributed by atoms with E-state index in [1.165, 1.54) is 41.7 Å². The van der Waals surface area contributed by atoms with Crippen molar-refractivity contribution in [2.24, 2.45) is 4.99 Å². The minimum Gasteiger partial charge on any atom is -0.283 e. The van der Waals surface area contributed by atoms with Crippen LogP contribution in [-0.4, -0.2) is 37.1 Å². The summed E-state index contributed by atoms with van der Waals surface area (Å²) >= 11 is 2.74. The number of carbonyl (C=O) groups excluding carboxylic acids is 1. The number of rotatable bonds is 4. The Bertz CT molecular complexity index is 1040. The molecule has 1 amide bonds. The van der Waals surface area contributed by atoms with Gasteiger partial charge in [-0.1, -0.05) is 30.6 Å². The number of nitro groups is 1. The van der Waals surface area contributed by atoms with Gasteiger partial charge in [0.2, 0.25) is 5.13 Å². The van der Waals surface area contributed by atoms with Gasteiger partial charge in [0.25, 0.3) is 11.6 Å². The van der Waals surface area contributed by atoms with E-state index in [1.54, 1.807) is 12.1 Å². The van der Waals surface area contributed by atoms with Gasteiger partial charge in [-0.3, -0.25) is 19.8 Å². The molecule has 156 valence electrons. The third-order valence-electron chi connectivity index (χ3n) is 5.31. The number of hydrogen-bond donors (Lipinski definition) is 0. The Kier molecular flexibility index (Phi) is 5.96. The van der Waals surface area contributed by atoms with Gasteiger partial charge in [0.1, 0.15) is 5.01 Å². The minimum absolute atomic E-state index is 0.0275. The van der Waals surface area contributed by atoms with Gasteiger partial charge in [-0.15, -0.1) is 10.2 Å². The number of nitrogens with zero attached hydrogens (tertiary/aromatic N) is 5. The molecule has 0 N–H and O–H groups in total. The topological polar surface area (TPSA) is 102 Å². The van der Waals surface area contributed by atoms with E-state index < -0.39 is 4.92 Å². The third-order valence-corrected chi connectivity index (χ3v) is 7.20. The smallest absolute Gasteiger partial charge is 0.269 e. The van der Waals surface area contributed by atoms with Crippen molar-refractivity contribution in [2.75, 3.05) is 0 Å². The molecule has 1 saturated carbocycles. The molecular formula is C20H21N5O3S2. The van der Waals surface area contributed by atoms with E-state index in [2.05, 4.69) is 15.2 Å². The zero-order chi connectivity index (χ0) is 21.3. The zero-order valence-corrected chi connectivity index (χ0v) is 18.3. The Morgan fingerprint density at radius 1 is 1.20 bits per heavy atom. The number of amides is 1. The van der Waals surface area contributed by atoms with Crippen LogP contribution in [0.15, 0.2) is 34.2 Å². The van der Waals surface area contributed by atoms with Gasteiger partial charge in [-0.25, -0.2) is 0 Å². The highest BCUT2D eigenvalue weighted by molar-refractivity contribution is 8.18. The fraction of sp³-hybridized carbons (Fsp3) is 0.400. The molecule has 2 aliphatic rings. The molecular weight excluding hydrogens is 422 g/mol. The lowest BCUT2D eigenvalue weighted by molar-refractivity contribution is -0.384. The van der Waals surface area contributed by atoms with E-state index in [9.17, 15) is 14.9 Å². The standard InChI is InChI=1S/C20H21N5O3S2/c1-12(14-8-10-16(11-9-14)25(27)28)17-18(26)24(15-6-4-3-5-7-15)20(30-17)21-19-23-22-13(2)29-19/h8-11,15H,3-7H2,1-2H3/b17-12-,21-20+. The molecule has 0 radical (unpaired) electrons. The molecule has 1 aliphatic carbocycles. The number of amidine groups is 1. The number of aromatic nitrogens is 2. The Morgan fingerprint density at radius 3 is 2.50 bits per heavy atom. The predicted molar refractivity (Wildman–Crippen MR) is 119 cm³/mol. The highest BCUT2D eigenvalue weighted by Gasteiger charge is 2.40. The number of aliphatic imine (C=N–C) groups is 1. The summed E-state index contributed by atoms with van der Waals surface area (Å²) in [4.78, 5) is 31.0. The maximum atomic E-state index is 13.4. The van der Waals surface area contributed by atoms with E-state index >= 15 is 0 Å². The summed E-state index contributed by atoms with van der Waals surface area (Å²) in [5.74, 6) is -0.0530. The van der Waals surface area contributed by atoms with Crippen molar-refractivity contribution in [3.63, 3.8) is 0 Å². The monoisotopic (exact) mass is 443 g/mol. The van der Waals surface area contributed by atoms with Crippen LogP contribution < -0.4 is 0 Å². The Labute approximate surface area is 182 Å². The number of hydrogen-bond acceptors (Lipinski definition) is 8. The summed E-state index contributed by atoms with van der Waals surface area (Å²) in [6, 6.07) is 6.42. The molecule has 0 spiro atoms. The first-order valence-electron chi connectivity index (χ1n) is 9.80. The molecule has 2 heterocycles. The highest BCUT2D eigenvalue weighted by Crippen LogP contribution is 2.41. The van der Waals surface area contributed by atoms with Crippen LogP contribution in [-0.2, 0) is 4.79 Å². The van der Waals surface area contributed by atoms with Gasteiger partial charge in [-0.2, -0.15) is 4.99 Å². The van der Waals surface area contributed by atoms with E-state index in [4.69, 9.17) is 0 Å². The number of thioether (sulfide) groups is 1. The lowest BCUT2D eigenvalue weighted by Crippen LogP contribution is -2.40. The van der Waals surface area contributed by atoms with Crippen molar-refractivity contribution in [1.29, 1.82) is 0 Å². The van der Waals surface area contributed by atoms with Crippen LogP contribution in [0.3, 0.4) is 0 Å². The van der Waals surface area contributed by atoms with Crippen LogP contribution in [0.25, 0.3) is 5.57 Å². The average molecular weight is 444 g/mol. The first kappa shape index (κ1) is 20.7. The van der Waals surface area contributed by atoms with Gasteiger partial charge >= 0.3 is 0 Å². The first-order valence-corrected chi connectivity index (χ1v) is 11.4. The number of non-ortho nitro benzene ring substituents is 1. The maximum Gasteiger partial charge on any atom is 0.269 e. The first-order chi connectivity index (χ1) is 14.4. The molecule has 8 nitrogen and oxygen atoms in total. The van der Waals surface area contributed by atoms with Gasteiger partial charge in [0, 0.05) is 18.2 Å². The van der Waals surface area contributed by atoms with E-state index in [0.29, 0.717) is 15.2 Å². The fourth-order valence-electron chi connectivity index (χ4n) is 3.73. The van der Waals surface area contributed by atoms with Gasteiger partial charge in [-0.05, 0) is 61.7 Å². The van der Waals surface area contributed by atoms with Gasteiger partial charge in [0.05, 0.1) is 9.83 Å². The summed E-state index contributed by atoms with van der Waals surface area (Å²) in [5, 5.41) is 21.0. The Morgan fingerprint density at radius 2 is 1.90 bits per heavy atom. The van der Waals surface area contributed by atoms with Crippen LogP contribution in [0.1, 0.15) is 49.6 Å². The van der Waals surface area contributed by atoms with E-state index in [1.807, 2.05) is 18.7 Å². The van der Waals surface area contributed by atoms with Crippen molar-refractivity contribution in [1.82, 2.24) is 15.1 Å². The minimum atomic E-state index is -0.429. The quantitative estimate of drug-likeness (QED) is 0.371. The SMILES string of the molecule is C/C(=C1/S/C(=N/c2nnc(C)s2)N(C2CCCCC2)C1=O)c1ccc([N+](=O)[O-])cc1.